The van der Waals surface area contributed by atoms with Crippen molar-refractivity contribution < 1.29 is 0 Å². The third-order valence-electron chi connectivity index (χ3n) is 3.03. The van der Waals surface area contributed by atoms with Crippen LogP contribution in [0.15, 0.2) is 48.9 Å². The summed E-state index contributed by atoms with van der Waals surface area (Å²) in [5.41, 5.74) is 7.63. The molecule has 0 radical (unpaired) electrons. The smallest absolute Gasteiger partial charge is 0.158 e. The van der Waals surface area contributed by atoms with Gasteiger partial charge in [-0.1, -0.05) is 11.6 Å². The van der Waals surface area contributed by atoms with E-state index in [0.29, 0.717) is 27.9 Å². The van der Waals surface area contributed by atoms with Crippen LogP contribution >= 0.6 is 11.6 Å². The van der Waals surface area contributed by atoms with Gasteiger partial charge in [0.15, 0.2) is 5.82 Å². The highest BCUT2D eigenvalue weighted by Gasteiger charge is 2.13. The van der Waals surface area contributed by atoms with E-state index in [-0.39, 0.29) is 0 Å². The number of aromatic nitrogens is 3. The molecule has 5 nitrogen and oxygen atoms in total. The molecule has 6 heteroatoms. The molecule has 3 rings (SSSR count). The Morgan fingerprint density at radius 2 is 1.86 bits per heavy atom. The average Bonchev–Trinajstić information content (AvgIpc) is 2.97. The van der Waals surface area contributed by atoms with Crippen LogP contribution in [0, 0.1) is 11.3 Å². The van der Waals surface area contributed by atoms with E-state index in [9.17, 15) is 0 Å². The third kappa shape index (κ3) is 2.33. The first-order valence-corrected chi connectivity index (χ1v) is 6.52. The van der Waals surface area contributed by atoms with E-state index in [4.69, 9.17) is 22.6 Å². The second-order valence-corrected chi connectivity index (χ2v) is 4.73. The maximum Gasteiger partial charge on any atom is 0.158 e. The first-order valence-electron chi connectivity index (χ1n) is 6.15. The van der Waals surface area contributed by atoms with Gasteiger partial charge in [0.1, 0.15) is 16.9 Å². The van der Waals surface area contributed by atoms with Crippen molar-refractivity contribution in [3.05, 3.63) is 59.5 Å². The molecule has 3 aromatic rings. The van der Waals surface area contributed by atoms with Crippen LogP contribution in [0.3, 0.4) is 0 Å². The van der Waals surface area contributed by atoms with Gasteiger partial charge in [0.2, 0.25) is 0 Å². The second-order valence-electron chi connectivity index (χ2n) is 4.35. The number of nitrogen functional groups attached to an aromatic ring is 1. The predicted molar refractivity (Wildman–Crippen MR) is 80.9 cm³/mol. The van der Waals surface area contributed by atoms with E-state index in [2.05, 4.69) is 9.97 Å². The second kappa shape index (κ2) is 5.27. The Kier molecular flexibility index (Phi) is 3.30. The van der Waals surface area contributed by atoms with Crippen molar-refractivity contribution in [1.82, 2.24) is 14.5 Å². The molecule has 0 bridgehead atoms. The summed E-state index contributed by atoms with van der Waals surface area (Å²) in [5, 5.41) is 9.36. The van der Waals surface area contributed by atoms with Crippen LogP contribution in [0.1, 0.15) is 5.56 Å². The molecule has 0 saturated heterocycles. The Balaban J connectivity index is 2.16. The van der Waals surface area contributed by atoms with Gasteiger partial charge in [-0.25, -0.2) is 9.97 Å². The average molecular weight is 296 g/mol. The molecule has 0 spiro atoms. The van der Waals surface area contributed by atoms with Crippen LogP contribution in [0.2, 0.25) is 5.02 Å². The van der Waals surface area contributed by atoms with Gasteiger partial charge in [-0.3, -0.25) is 4.57 Å². The molecule has 0 aliphatic heterocycles. The highest BCUT2D eigenvalue weighted by Crippen LogP contribution is 2.27. The van der Waals surface area contributed by atoms with Crippen LogP contribution in [-0.4, -0.2) is 14.5 Å². The van der Waals surface area contributed by atoms with Crippen molar-refractivity contribution in [3.63, 3.8) is 0 Å². The number of nitrogens with two attached hydrogens (primary N) is 1. The Labute approximate surface area is 126 Å². The van der Waals surface area contributed by atoms with E-state index in [1.54, 1.807) is 41.4 Å². The molecule has 2 N–H and O–H groups in total. The van der Waals surface area contributed by atoms with Crippen LogP contribution in [0.25, 0.3) is 17.2 Å². The van der Waals surface area contributed by atoms with E-state index in [0.717, 1.165) is 5.56 Å². The zero-order valence-corrected chi connectivity index (χ0v) is 11.6. The topological polar surface area (TPSA) is 80.5 Å². The van der Waals surface area contributed by atoms with E-state index < -0.39 is 0 Å². The summed E-state index contributed by atoms with van der Waals surface area (Å²) >= 11 is 6.23. The number of benzene rings is 1. The number of hydrogen-bond acceptors (Lipinski definition) is 4. The molecule has 21 heavy (non-hydrogen) atoms. The Morgan fingerprint density at radius 3 is 2.57 bits per heavy atom. The molecule has 0 aliphatic rings. The molecule has 0 amide bonds. The summed E-state index contributed by atoms with van der Waals surface area (Å²) in [4.78, 5) is 8.58. The number of hydrogen-bond donors (Lipinski definition) is 1. The lowest BCUT2D eigenvalue weighted by Gasteiger charge is -2.09. The predicted octanol–water partition coefficient (Wildman–Crippen LogP) is 3.04. The molecular formula is C15H10ClN5. The highest BCUT2D eigenvalue weighted by atomic mass is 35.5. The molecule has 0 saturated carbocycles. The van der Waals surface area contributed by atoms with E-state index in [1.807, 2.05) is 18.2 Å². The zero-order chi connectivity index (χ0) is 14.8. The monoisotopic (exact) mass is 295 g/mol. The quantitative estimate of drug-likeness (QED) is 0.737. The van der Waals surface area contributed by atoms with Crippen LogP contribution in [0.5, 0.6) is 0 Å². The number of anilines is 1. The fourth-order valence-electron chi connectivity index (χ4n) is 2.01. The summed E-state index contributed by atoms with van der Waals surface area (Å²) < 4.78 is 1.74. The minimum Gasteiger partial charge on any atom is -0.399 e. The summed E-state index contributed by atoms with van der Waals surface area (Å²) in [7, 11) is 0. The van der Waals surface area contributed by atoms with Gasteiger partial charge in [-0.15, -0.1) is 0 Å². The van der Waals surface area contributed by atoms with Crippen molar-refractivity contribution in [2.75, 3.05) is 5.73 Å². The lowest BCUT2D eigenvalue weighted by Crippen LogP contribution is -2.01. The molecule has 102 valence electrons. The summed E-state index contributed by atoms with van der Waals surface area (Å²) in [6.07, 6.45) is 4.95. The lowest BCUT2D eigenvalue weighted by molar-refractivity contribution is 1.00. The first kappa shape index (κ1) is 13.2. The SMILES string of the molecule is N#Cc1ccnc(-n2ccnc2-c2ccc(N)cc2)c1Cl. The number of pyridine rings is 1. The van der Waals surface area contributed by atoms with Gasteiger partial charge >= 0.3 is 0 Å². The molecule has 0 aliphatic carbocycles. The van der Waals surface area contributed by atoms with E-state index >= 15 is 0 Å². The fraction of sp³-hybridized carbons (Fsp3) is 0. The van der Waals surface area contributed by atoms with Crippen molar-refractivity contribution in [1.29, 1.82) is 5.26 Å². The molecule has 0 fully saturated rings. The van der Waals surface area contributed by atoms with Gasteiger partial charge in [0.05, 0.1) is 5.56 Å². The minimum atomic E-state index is 0.301. The number of nitrogens with zero attached hydrogens (tertiary/aromatic N) is 4. The zero-order valence-electron chi connectivity index (χ0n) is 10.9. The maximum absolute atomic E-state index is 9.06. The number of nitriles is 1. The lowest BCUT2D eigenvalue weighted by atomic mass is 10.2. The van der Waals surface area contributed by atoms with Crippen molar-refractivity contribution in [2.45, 2.75) is 0 Å². The highest BCUT2D eigenvalue weighted by molar-refractivity contribution is 6.33. The molecule has 0 unspecified atom stereocenters. The molecule has 1 aromatic carbocycles. The van der Waals surface area contributed by atoms with Gasteiger partial charge in [-0.05, 0) is 30.3 Å². The normalized spacial score (nSPS) is 10.3. The standard InChI is InChI=1S/C15H10ClN5/c16-13-11(9-17)5-6-19-15(13)21-8-7-20-14(21)10-1-3-12(18)4-2-10/h1-8H,18H2. The van der Waals surface area contributed by atoms with Crippen molar-refractivity contribution in [2.24, 2.45) is 0 Å². The van der Waals surface area contributed by atoms with Crippen LogP contribution < -0.4 is 5.73 Å². The third-order valence-corrected chi connectivity index (χ3v) is 3.40. The van der Waals surface area contributed by atoms with Crippen molar-refractivity contribution >= 4 is 17.3 Å². The van der Waals surface area contributed by atoms with Crippen LogP contribution in [0.4, 0.5) is 5.69 Å². The van der Waals surface area contributed by atoms with Gasteiger partial charge in [0.25, 0.3) is 0 Å². The molecule has 0 atom stereocenters. The Hall–Kier alpha value is -2.84. The van der Waals surface area contributed by atoms with Gasteiger partial charge < -0.3 is 5.73 Å². The van der Waals surface area contributed by atoms with Crippen LogP contribution in [-0.2, 0) is 0 Å². The Morgan fingerprint density at radius 1 is 1.10 bits per heavy atom. The molecule has 2 heterocycles. The summed E-state index contributed by atoms with van der Waals surface area (Å²) in [6.45, 7) is 0. The Bertz CT molecular complexity index is 830. The van der Waals surface area contributed by atoms with Crippen molar-refractivity contribution in [3.8, 4) is 23.3 Å². The number of halogens is 1. The molecule has 2 aromatic heterocycles. The fourth-order valence-corrected chi connectivity index (χ4v) is 2.25. The minimum absolute atomic E-state index is 0.301. The molecular weight excluding hydrogens is 286 g/mol. The summed E-state index contributed by atoms with van der Waals surface area (Å²) in [6, 6.07) is 11.0. The largest absolute Gasteiger partial charge is 0.399 e. The maximum atomic E-state index is 9.06. The number of rotatable bonds is 2. The van der Waals surface area contributed by atoms with Gasteiger partial charge in [-0.2, -0.15) is 5.26 Å². The van der Waals surface area contributed by atoms with Gasteiger partial charge in [0, 0.05) is 29.8 Å². The summed E-state index contributed by atoms with van der Waals surface area (Å²) in [5.74, 6) is 1.15. The number of imidazole rings is 1. The van der Waals surface area contributed by atoms with E-state index in [1.165, 1.54) is 0 Å². The first-order chi connectivity index (χ1) is 10.2.